The quantitative estimate of drug-likeness (QED) is 0.607. The molecule has 0 saturated heterocycles. The Balaban J connectivity index is 1.65. The standard InChI is InChI=1S/C26H33N3O/c1-18-13-14-21(16-20(18)3)25-23(29-15-9-10-19(2)26(29)28-25)17-24(30)27-22-11-7-5-4-6-8-12-22/h9-10,13-16,22H,4-8,11-12,17H2,1-3H3,(H,27,30). The minimum atomic E-state index is 0.106. The van der Waals surface area contributed by atoms with Gasteiger partial charge in [0.1, 0.15) is 5.65 Å². The van der Waals surface area contributed by atoms with Crippen LogP contribution in [0.15, 0.2) is 36.5 Å². The molecule has 0 unspecified atom stereocenters. The molecule has 1 N–H and O–H groups in total. The zero-order valence-electron chi connectivity index (χ0n) is 18.5. The molecule has 4 nitrogen and oxygen atoms in total. The molecule has 1 amide bonds. The third kappa shape index (κ3) is 4.43. The van der Waals surface area contributed by atoms with Gasteiger partial charge in [-0.05, 0) is 62.4 Å². The molecule has 30 heavy (non-hydrogen) atoms. The maximum Gasteiger partial charge on any atom is 0.226 e. The molecule has 1 saturated carbocycles. The summed E-state index contributed by atoms with van der Waals surface area (Å²) >= 11 is 0. The van der Waals surface area contributed by atoms with Gasteiger partial charge in [0, 0.05) is 17.8 Å². The average Bonchev–Trinajstić information content (AvgIpc) is 3.06. The van der Waals surface area contributed by atoms with Crippen LogP contribution in [0.1, 0.15) is 67.3 Å². The van der Waals surface area contributed by atoms with Gasteiger partial charge in [0.15, 0.2) is 0 Å². The van der Waals surface area contributed by atoms with Gasteiger partial charge in [-0.2, -0.15) is 0 Å². The Morgan fingerprint density at radius 3 is 2.47 bits per heavy atom. The number of carbonyl (C=O) groups is 1. The van der Waals surface area contributed by atoms with E-state index in [9.17, 15) is 4.79 Å². The normalized spacial score (nSPS) is 15.7. The van der Waals surface area contributed by atoms with Gasteiger partial charge >= 0.3 is 0 Å². The first-order chi connectivity index (χ1) is 14.5. The molecular formula is C26H33N3O. The van der Waals surface area contributed by atoms with Crippen LogP contribution in [0.3, 0.4) is 0 Å². The minimum absolute atomic E-state index is 0.106. The minimum Gasteiger partial charge on any atom is -0.353 e. The Hall–Kier alpha value is -2.62. The summed E-state index contributed by atoms with van der Waals surface area (Å²) < 4.78 is 2.09. The number of aryl methyl sites for hydroxylation is 3. The molecule has 1 fully saturated rings. The van der Waals surface area contributed by atoms with Gasteiger partial charge in [0.2, 0.25) is 5.91 Å². The fourth-order valence-corrected chi connectivity index (χ4v) is 4.57. The second kappa shape index (κ2) is 9.03. The van der Waals surface area contributed by atoms with Gasteiger partial charge in [-0.3, -0.25) is 4.79 Å². The smallest absolute Gasteiger partial charge is 0.226 e. The van der Waals surface area contributed by atoms with Crippen LogP contribution in [-0.2, 0) is 11.2 Å². The number of rotatable bonds is 4. The van der Waals surface area contributed by atoms with Gasteiger partial charge in [-0.15, -0.1) is 0 Å². The van der Waals surface area contributed by atoms with E-state index in [2.05, 4.69) is 54.8 Å². The van der Waals surface area contributed by atoms with Crippen LogP contribution in [0.4, 0.5) is 0 Å². The molecule has 2 heterocycles. The molecule has 4 rings (SSSR count). The summed E-state index contributed by atoms with van der Waals surface area (Å²) in [6.07, 6.45) is 10.9. The number of pyridine rings is 1. The first kappa shape index (κ1) is 20.6. The van der Waals surface area contributed by atoms with Crippen LogP contribution in [0.2, 0.25) is 0 Å². The summed E-state index contributed by atoms with van der Waals surface area (Å²) in [5.41, 5.74) is 7.53. The molecule has 3 aromatic rings. The van der Waals surface area contributed by atoms with Gasteiger partial charge < -0.3 is 9.72 Å². The Kier molecular flexibility index (Phi) is 6.21. The molecule has 1 aromatic carbocycles. The van der Waals surface area contributed by atoms with E-state index in [-0.39, 0.29) is 5.91 Å². The number of hydrogen-bond donors (Lipinski definition) is 1. The summed E-state index contributed by atoms with van der Waals surface area (Å²) in [4.78, 5) is 18.0. The van der Waals surface area contributed by atoms with Crippen LogP contribution < -0.4 is 5.32 Å². The van der Waals surface area contributed by atoms with Crippen molar-refractivity contribution >= 4 is 11.6 Å². The third-order valence-corrected chi connectivity index (χ3v) is 6.52. The predicted octanol–water partition coefficient (Wildman–Crippen LogP) is 5.70. The lowest BCUT2D eigenvalue weighted by Gasteiger charge is -2.21. The highest BCUT2D eigenvalue weighted by Crippen LogP contribution is 2.28. The number of hydrogen-bond acceptors (Lipinski definition) is 2. The summed E-state index contributed by atoms with van der Waals surface area (Å²) in [7, 11) is 0. The molecule has 0 atom stereocenters. The zero-order valence-corrected chi connectivity index (χ0v) is 18.5. The summed E-state index contributed by atoms with van der Waals surface area (Å²) in [5, 5.41) is 3.32. The van der Waals surface area contributed by atoms with Crippen molar-refractivity contribution in [2.75, 3.05) is 0 Å². The molecule has 4 heteroatoms. The van der Waals surface area contributed by atoms with Gasteiger partial charge in [-0.25, -0.2) is 4.98 Å². The SMILES string of the molecule is Cc1ccc(-c2nc3c(C)cccn3c2CC(=O)NC2CCCCCCC2)cc1C. The van der Waals surface area contributed by atoms with E-state index in [0.29, 0.717) is 12.5 Å². The van der Waals surface area contributed by atoms with E-state index in [1.54, 1.807) is 0 Å². The lowest BCUT2D eigenvalue weighted by atomic mass is 9.96. The molecule has 0 aliphatic heterocycles. The number of fused-ring (bicyclic) bond motifs is 1. The Labute approximate surface area is 179 Å². The number of imidazole rings is 1. The van der Waals surface area contributed by atoms with E-state index >= 15 is 0 Å². The molecule has 0 bridgehead atoms. The van der Waals surface area contributed by atoms with Crippen LogP contribution in [0.5, 0.6) is 0 Å². The highest BCUT2D eigenvalue weighted by molar-refractivity contribution is 5.82. The van der Waals surface area contributed by atoms with Crippen molar-refractivity contribution in [3.63, 3.8) is 0 Å². The maximum absolute atomic E-state index is 13.1. The van der Waals surface area contributed by atoms with Crippen LogP contribution in [0, 0.1) is 20.8 Å². The van der Waals surface area contributed by atoms with Crippen molar-refractivity contribution in [1.29, 1.82) is 0 Å². The van der Waals surface area contributed by atoms with Crippen molar-refractivity contribution in [3.05, 3.63) is 58.9 Å². The number of carbonyl (C=O) groups excluding carboxylic acids is 1. The van der Waals surface area contributed by atoms with E-state index in [0.717, 1.165) is 41.0 Å². The van der Waals surface area contributed by atoms with Crippen molar-refractivity contribution in [1.82, 2.24) is 14.7 Å². The third-order valence-electron chi connectivity index (χ3n) is 6.52. The number of amides is 1. The van der Waals surface area contributed by atoms with Gasteiger partial charge in [0.25, 0.3) is 0 Å². The van der Waals surface area contributed by atoms with Gasteiger partial charge in [-0.1, -0.05) is 50.3 Å². The van der Waals surface area contributed by atoms with Crippen molar-refractivity contribution in [2.45, 2.75) is 78.2 Å². The lowest BCUT2D eigenvalue weighted by Crippen LogP contribution is -2.36. The average molecular weight is 404 g/mol. The van der Waals surface area contributed by atoms with Crippen molar-refractivity contribution in [2.24, 2.45) is 0 Å². The fourth-order valence-electron chi connectivity index (χ4n) is 4.57. The summed E-state index contributed by atoms with van der Waals surface area (Å²) in [6, 6.07) is 10.9. The lowest BCUT2D eigenvalue weighted by molar-refractivity contribution is -0.121. The number of nitrogens with one attached hydrogen (secondary N) is 1. The fraction of sp³-hybridized carbons (Fsp3) is 0.462. The topological polar surface area (TPSA) is 46.4 Å². The van der Waals surface area contributed by atoms with E-state index in [1.807, 2.05) is 12.3 Å². The van der Waals surface area contributed by atoms with Crippen molar-refractivity contribution in [3.8, 4) is 11.3 Å². The molecule has 1 aliphatic rings. The molecule has 0 radical (unpaired) electrons. The van der Waals surface area contributed by atoms with Crippen LogP contribution in [0.25, 0.3) is 16.9 Å². The van der Waals surface area contributed by atoms with E-state index in [1.165, 1.54) is 43.2 Å². The molecule has 2 aromatic heterocycles. The van der Waals surface area contributed by atoms with Crippen molar-refractivity contribution < 1.29 is 4.79 Å². The van der Waals surface area contributed by atoms with Crippen LogP contribution >= 0.6 is 0 Å². The highest BCUT2D eigenvalue weighted by Gasteiger charge is 2.20. The molecule has 0 spiro atoms. The molecule has 158 valence electrons. The number of benzene rings is 1. The maximum atomic E-state index is 13.1. The molecule has 1 aliphatic carbocycles. The molecular weight excluding hydrogens is 370 g/mol. The first-order valence-corrected chi connectivity index (χ1v) is 11.4. The zero-order chi connectivity index (χ0) is 21.1. The Morgan fingerprint density at radius 2 is 1.73 bits per heavy atom. The highest BCUT2D eigenvalue weighted by atomic mass is 16.1. The first-order valence-electron chi connectivity index (χ1n) is 11.4. The van der Waals surface area contributed by atoms with E-state index < -0.39 is 0 Å². The van der Waals surface area contributed by atoms with E-state index in [4.69, 9.17) is 4.98 Å². The Bertz CT molecular complexity index is 1040. The monoisotopic (exact) mass is 403 g/mol. The van der Waals surface area contributed by atoms with Crippen LogP contribution in [-0.4, -0.2) is 21.3 Å². The number of nitrogens with zero attached hydrogens (tertiary/aromatic N) is 2. The largest absolute Gasteiger partial charge is 0.353 e. The van der Waals surface area contributed by atoms with Gasteiger partial charge in [0.05, 0.1) is 17.8 Å². The Morgan fingerprint density at radius 1 is 1.00 bits per heavy atom. The second-order valence-electron chi connectivity index (χ2n) is 8.88. The number of aromatic nitrogens is 2. The second-order valence-corrected chi connectivity index (χ2v) is 8.88. The summed E-state index contributed by atoms with van der Waals surface area (Å²) in [5.74, 6) is 0.106. The summed E-state index contributed by atoms with van der Waals surface area (Å²) in [6.45, 7) is 6.32. The predicted molar refractivity (Wildman–Crippen MR) is 123 cm³/mol.